The fourth-order valence-corrected chi connectivity index (χ4v) is 6.49. The number of aromatic nitrogens is 5. The summed E-state index contributed by atoms with van der Waals surface area (Å²) in [6.07, 6.45) is 0. The van der Waals surface area contributed by atoms with E-state index in [1.54, 1.807) is 0 Å². The maximum absolute atomic E-state index is 5.10. The second-order valence-corrected chi connectivity index (χ2v) is 12.6. The highest BCUT2D eigenvalue weighted by Crippen LogP contribution is 2.34. The number of nitrogens with zero attached hydrogens (tertiary/aromatic N) is 5. The third kappa shape index (κ3) is 6.23. The highest BCUT2D eigenvalue weighted by Gasteiger charge is 2.15. The molecule has 0 radical (unpaired) electrons. The molecule has 0 spiro atoms. The van der Waals surface area contributed by atoms with E-state index in [0.29, 0.717) is 23.3 Å². The van der Waals surface area contributed by atoms with Gasteiger partial charge in [-0.3, -0.25) is 0 Å². The van der Waals surface area contributed by atoms with E-state index >= 15 is 0 Å². The van der Waals surface area contributed by atoms with E-state index in [-0.39, 0.29) is 0 Å². The van der Waals surface area contributed by atoms with E-state index in [1.165, 1.54) is 5.56 Å². The fourth-order valence-electron chi connectivity index (χ4n) is 6.49. The van der Waals surface area contributed by atoms with Crippen molar-refractivity contribution in [2.24, 2.45) is 0 Å². The zero-order valence-electron chi connectivity index (χ0n) is 28.1. The molecule has 2 aromatic heterocycles. The van der Waals surface area contributed by atoms with Crippen molar-refractivity contribution >= 4 is 10.9 Å². The molecule has 0 amide bonds. The van der Waals surface area contributed by atoms with Crippen molar-refractivity contribution in [1.82, 2.24) is 24.9 Å². The Morgan fingerprint density at radius 1 is 0.231 bits per heavy atom. The minimum atomic E-state index is 0.614. The van der Waals surface area contributed by atoms with Crippen LogP contribution in [0.1, 0.15) is 0 Å². The zero-order chi connectivity index (χ0) is 34.7. The molecule has 0 aliphatic heterocycles. The van der Waals surface area contributed by atoms with Gasteiger partial charge in [-0.15, -0.1) is 0 Å². The van der Waals surface area contributed by atoms with Gasteiger partial charge < -0.3 is 0 Å². The van der Waals surface area contributed by atoms with Crippen LogP contribution in [0.25, 0.3) is 90.0 Å². The molecular weight excluding hydrogens is 635 g/mol. The van der Waals surface area contributed by atoms with E-state index in [4.69, 9.17) is 24.9 Å². The van der Waals surface area contributed by atoms with Crippen LogP contribution in [0.2, 0.25) is 0 Å². The molecule has 0 unspecified atom stereocenters. The summed E-state index contributed by atoms with van der Waals surface area (Å²) in [4.78, 5) is 25.0. The first-order valence-electron chi connectivity index (χ1n) is 17.3. The lowest BCUT2D eigenvalue weighted by Crippen LogP contribution is -2.00. The van der Waals surface area contributed by atoms with E-state index in [9.17, 15) is 0 Å². The van der Waals surface area contributed by atoms with Crippen LogP contribution in [0.3, 0.4) is 0 Å². The molecular formula is C47H31N5. The Balaban J connectivity index is 1.12. The topological polar surface area (TPSA) is 64.5 Å². The van der Waals surface area contributed by atoms with Crippen molar-refractivity contribution in [3.63, 3.8) is 0 Å². The van der Waals surface area contributed by atoms with Gasteiger partial charge in [-0.05, 0) is 40.5 Å². The molecule has 0 N–H and O–H groups in total. The number of benzene rings is 7. The Kier molecular flexibility index (Phi) is 8.12. The molecule has 7 aromatic carbocycles. The monoisotopic (exact) mass is 665 g/mol. The molecule has 244 valence electrons. The van der Waals surface area contributed by atoms with Crippen LogP contribution >= 0.6 is 0 Å². The summed E-state index contributed by atoms with van der Waals surface area (Å²) < 4.78 is 0. The van der Waals surface area contributed by atoms with Gasteiger partial charge in [-0.25, -0.2) is 24.9 Å². The molecule has 5 heteroatoms. The largest absolute Gasteiger partial charge is 0.228 e. The van der Waals surface area contributed by atoms with Crippen molar-refractivity contribution < 1.29 is 0 Å². The van der Waals surface area contributed by atoms with E-state index in [0.717, 1.165) is 61.1 Å². The predicted molar refractivity (Wildman–Crippen MR) is 211 cm³/mol. The number of hydrogen-bond acceptors (Lipinski definition) is 5. The normalized spacial score (nSPS) is 11.1. The standard InChI is InChI=1S/C47H31N5/c1-4-14-32(15-5-1)33-26-28-36(29-27-33)46-50-45(35-18-8-3-9-19-35)51-47(52-46)40-23-13-21-38(31-40)37-20-12-22-39(30-37)43-41-24-10-11-25-42(41)48-44(49-43)34-16-6-2-7-17-34/h1-31H. The summed E-state index contributed by atoms with van der Waals surface area (Å²) in [5.41, 5.74) is 11.0. The van der Waals surface area contributed by atoms with Crippen LogP contribution in [0.15, 0.2) is 188 Å². The summed E-state index contributed by atoms with van der Waals surface area (Å²) >= 11 is 0. The average Bonchev–Trinajstić information content (AvgIpc) is 3.24. The molecule has 0 fully saturated rings. The van der Waals surface area contributed by atoms with Gasteiger partial charge in [0.05, 0.1) is 11.2 Å². The maximum atomic E-state index is 5.10. The summed E-state index contributed by atoms with van der Waals surface area (Å²) in [6, 6.07) is 64.1. The van der Waals surface area contributed by atoms with Crippen molar-refractivity contribution in [1.29, 1.82) is 0 Å². The number of fused-ring (bicyclic) bond motifs is 1. The van der Waals surface area contributed by atoms with Crippen LogP contribution < -0.4 is 0 Å². The minimum Gasteiger partial charge on any atom is -0.228 e. The molecule has 9 rings (SSSR count). The van der Waals surface area contributed by atoms with E-state index in [2.05, 4.69) is 103 Å². The highest BCUT2D eigenvalue weighted by molar-refractivity contribution is 5.94. The Morgan fingerprint density at radius 3 is 1.23 bits per heavy atom. The van der Waals surface area contributed by atoms with Gasteiger partial charge in [-0.2, -0.15) is 0 Å². The smallest absolute Gasteiger partial charge is 0.164 e. The Bertz CT molecular complexity index is 2660. The van der Waals surface area contributed by atoms with Gasteiger partial charge in [0.2, 0.25) is 0 Å². The first-order valence-corrected chi connectivity index (χ1v) is 17.3. The molecule has 0 saturated heterocycles. The Hall–Kier alpha value is -7.11. The molecule has 2 heterocycles. The summed E-state index contributed by atoms with van der Waals surface area (Å²) in [6.45, 7) is 0. The maximum Gasteiger partial charge on any atom is 0.164 e. The van der Waals surface area contributed by atoms with E-state index < -0.39 is 0 Å². The molecule has 0 atom stereocenters. The van der Waals surface area contributed by atoms with Crippen LogP contribution in [0.5, 0.6) is 0 Å². The van der Waals surface area contributed by atoms with Gasteiger partial charge in [-0.1, -0.05) is 170 Å². The number of hydrogen-bond donors (Lipinski definition) is 0. The van der Waals surface area contributed by atoms with Gasteiger partial charge in [0.25, 0.3) is 0 Å². The molecule has 0 aliphatic rings. The first-order chi connectivity index (χ1) is 25.7. The van der Waals surface area contributed by atoms with Crippen LogP contribution in [-0.2, 0) is 0 Å². The van der Waals surface area contributed by atoms with Crippen molar-refractivity contribution in [2.45, 2.75) is 0 Å². The highest BCUT2D eigenvalue weighted by atomic mass is 15.0. The van der Waals surface area contributed by atoms with Crippen LogP contribution in [-0.4, -0.2) is 24.9 Å². The Labute approximate surface area is 302 Å². The number of para-hydroxylation sites is 1. The Morgan fingerprint density at radius 2 is 0.615 bits per heavy atom. The van der Waals surface area contributed by atoms with Gasteiger partial charge >= 0.3 is 0 Å². The number of rotatable bonds is 7. The molecule has 9 aromatic rings. The molecule has 0 bridgehead atoms. The van der Waals surface area contributed by atoms with Gasteiger partial charge in [0.1, 0.15) is 0 Å². The SMILES string of the molecule is c1ccc(-c2ccc(-c3nc(-c4ccccc4)nc(-c4cccc(-c5cccc(-c6nc(-c7ccccc7)nc7ccccc67)c5)c4)n3)cc2)cc1. The predicted octanol–water partition coefficient (Wildman–Crippen LogP) is 11.5. The average molecular weight is 666 g/mol. The van der Waals surface area contributed by atoms with Gasteiger partial charge in [0, 0.05) is 33.2 Å². The van der Waals surface area contributed by atoms with Crippen molar-refractivity contribution in [3.8, 4) is 79.1 Å². The van der Waals surface area contributed by atoms with Crippen LogP contribution in [0.4, 0.5) is 0 Å². The molecule has 0 saturated carbocycles. The third-order valence-electron chi connectivity index (χ3n) is 9.14. The second kappa shape index (κ2) is 13.7. The second-order valence-electron chi connectivity index (χ2n) is 12.6. The summed E-state index contributed by atoms with van der Waals surface area (Å²) in [5, 5.41) is 1.01. The lowest BCUT2D eigenvalue weighted by Gasteiger charge is -2.12. The van der Waals surface area contributed by atoms with E-state index in [1.807, 2.05) is 84.9 Å². The lowest BCUT2D eigenvalue weighted by atomic mass is 9.98. The molecule has 0 aliphatic carbocycles. The quantitative estimate of drug-likeness (QED) is 0.169. The zero-order valence-corrected chi connectivity index (χ0v) is 28.1. The molecule has 5 nitrogen and oxygen atoms in total. The molecule has 52 heavy (non-hydrogen) atoms. The van der Waals surface area contributed by atoms with Crippen molar-refractivity contribution in [2.75, 3.05) is 0 Å². The summed E-state index contributed by atoms with van der Waals surface area (Å²) in [7, 11) is 0. The minimum absolute atomic E-state index is 0.614. The third-order valence-corrected chi connectivity index (χ3v) is 9.14. The summed E-state index contributed by atoms with van der Waals surface area (Å²) in [5.74, 6) is 2.57. The van der Waals surface area contributed by atoms with Crippen molar-refractivity contribution in [3.05, 3.63) is 188 Å². The fraction of sp³-hybridized carbons (Fsp3) is 0. The lowest BCUT2D eigenvalue weighted by molar-refractivity contribution is 1.07. The van der Waals surface area contributed by atoms with Crippen LogP contribution in [0, 0.1) is 0 Å². The first kappa shape index (κ1) is 30.9. The van der Waals surface area contributed by atoms with Gasteiger partial charge in [0.15, 0.2) is 23.3 Å².